The van der Waals surface area contributed by atoms with E-state index in [1.54, 1.807) is 0 Å². The van der Waals surface area contributed by atoms with Crippen LogP contribution in [0, 0.1) is 10.8 Å². The second kappa shape index (κ2) is 11.9. The van der Waals surface area contributed by atoms with Crippen molar-refractivity contribution in [3.8, 4) is 0 Å². The van der Waals surface area contributed by atoms with Crippen molar-refractivity contribution in [1.82, 2.24) is 0 Å². The fraction of sp³-hybridized carbons (Fsp3) is 0.880. The Kier molecular flexibility index (Phi) is 9.88. The largest absolute Gasteiger partial charge is 0.498 e. The van der Waals surface area contributed by atoms with Crippen molar-refractivity contribution in [3.63, 3.8) is 0 Å². The quantitative estimate of drug-likeness (QED) is 0.139. The average Bonchev–Trinajstić information content (AvgIpc) is 3.59. The van der Waals surface area contributed by atoms with E-state index in [-0.39, 0.29) is 11.4 Å². The van der Waals surface area contributed by atoms with Gasteiger partial charge in [0, 0.05) is 5.41 Å². The molecule has 2 fully saturated rings. The maximum Gasteiger partial charge on any atom is 0.312 e. The van der Waals surface area contributed by atoms with Crippen molar-refractivity contribution >= 4 is 5.97 Å². The molecule has 2 aliphatic rings. The minimum Gasteiger partial charge on any atom is -0.498 e. The zero-order chi connectivity index (χ0) is 20.3. The van der Waals surface area contributed by atoms with E-state index in [1.165, 1.54) is 83.5 Å². The molecule has 162 valence electrons. The van der Waals surface area contributed by atoms with Gasteiger partial charge in [-0.05, 0) is 52.4 Å². The second-order valence-corrected chi connectivity index (χ2v) is 9.17. The van der Waals surface area contributed by atoms with Gasteiger partial charge in [0.05, 0.1) is 24.4 Å². The molecule has 0 aliphatic heterocycles. The molecule has 2 saturated carbocycles. The third-order valence-electron chi connectivity index (χ3n) is 6.89. The van der Waals surface area contributed by atoms with Gasteiger partial charge in [0.15, 0.2) is 0 Å². The van der Waals surface area contributed by atoms with Gasteiger partial charge in [-0.15, -0.1) is 0 Å². The maximum absolute atomic E-state index is 11.9. The maximum atomic E-state index is 11.9. The summed E-state index contributed by atoms with van der Waals surface area (Å²) in [5.74, 6) is 1.11. The Bertz CT molecular complexity index is 430. The van der Waals surface area contributed by atoms with Gasteiger partial charge < -0.3 is 9.47 Å². The first-order valence-corrected chi connectivity index (χ1v) is 12.1. The monoisotopic (exact) mass is 392 g/mol. The van der Waals surface area contributed by atoms with Crippen molar-refractivity contribution < 1.29 is 14.3 Å². The Balaban J connectivity index is 1.35. The molecule has 2 aliphatic carbocycles. The summed E-state index contributed by atoms with van der Waals surface area (Å²) in [4.78, 5) is 11.9. The number of hydrogen-bond acceptors (Lipinski definition) is 3. The summed E-state index contributed by atoms with van der Waals surface area (Å²) in [7, 11) is 0. The molecule has 0 saturated heterocycles. The Morgan fingerprint density at radius 1 is 0.679 bits per heavy atom. The minimum atomic E-state index is -0.0793. The molecule has 2 rings (SSSR count). The Morgan fingerprint density at radius 3 is 1.46 bits per heavy atom. The number of unbranched alkanes of at least 4 members (excludes halogenated alkanes) is 9. The summed E-state index contributed by atoms with van der Waals surface area (Å²) < 4.78 is 10.9. The normalized spacial score (nSPS) is 18.5. The Morgan fingerprint density at radius 2 is 1.07 bits per heavy atom. The lowest BCUT2D eigenvalue weighted by atomic mass is 9.95. The van der Waals surface area contributed by atoms with E-state index in [2.05, 4.69) is 6.58 Å². The van der Waals surface area contributed by atoms with Gasteiger partial charge in [0.25, 0.3) is 0 Å². The molecule has 0 spiro atoms. The molecule has 3 nitrogen and oxygen atoms in total. The van der Waals surface area contributed by atoms with Crippen LogP contribution in [-0.2, 0) is 14.3 Å². The molecule has 0 bridgehead atoms. The average molecular weight is 393 g/mol. The van der Waals surface area contributed by atoms with Crippen LogP contribution in [0.25, 0.3) is 0 Å². The highest BCUT2D eigenvalue weighted by Crippen LogP contribution is 2.55. The number of rotatable bonds is 18. The lowest BCUT2D eigenvalue weighted by molar-refractivity contribution is -0.150. The SMILES string of the molecule is C=C(OCC)C1(CCCCCCCCCCCCC2(C(=O)OCC)CC2)CC1. The zero-order valence-corrected chi connectivity index (χ0v) is 18.7. The molecule has 0 heterocycles. The van der Waals surface area contributed by atoms with Crippen LogP contribution in [0.5, 0.6) is 0 Å². The third-order valence-corrected chi connectivity index (χ3v) is 6.89. The van der Waals surface area contributed by atoms with Crippen LogP contribution in [0.3, 0.4) is 0 Å². The molecule has 0 amide bonds. The van der Waals surface area contributed by atoms with E-state index >= 15 is 0 Å². The number of carbonyl (C=O) groups is 1. The minimum absolute atomic E-state index is 0.0600. The second-order valence-electron chi connectivity index (χ2n) is 9.17. The lowest BCUT2D eigenvalue weighted by Gasteiger charge is -2.18. The van der Waals surface area contributed by atoms with Gasteiger partial charge >= 0.3 is 5.97 Å². The van der Waals surface area contributed by atoms with Crippen molar-refractivity contribution in [3.05, 3.63) is 12.3 Å². The zero-order valence-electron chi connectivity index (χ0n) is 18.7. The van der Waals surface area contributed by atoms with Gasteiger partial charge in [0.2, 0.25) is 0 Å². The summed E-state index contributed by atoms with van der Waals surface area (Å²) in [6, 6.07) is 0. The van der Waals surface area contributed by atoms with Crippen molar-refractivity contribution in [2.24, 2.45) is 10.8 Å². The van der Waals surface area contributed by atoms with Crippen LogP contribution >= 0.6 is 0 Å². The first-order valence-electron chi connectivity index (χ1n) is 12.1. The molecule has 28 heavy (non-hydrogen) atoms. The predicted molar refractivity (Wildman–Crippen MR) is 116 cm³/mol. The molecule has 0 aromatic heterocycles. The van der Waals surface area contributed by atoms with Crippen LogP contribution in [0.4, 0.5) is 0 Å². The van der Waals surface area contributed by atoms with Gasteiger partial charge in [-0.2, -0.15) is 0 Å². The smallest absolute Gasteiger partial charge is 0.312 e. The van der Waals surface area contributed by atoms with E-state index in [4.69, 9.17) is 9.47 Å². The summed E-state index contributed by atoms with van der Waals surface area (Å²) in [5, 5.41) is 0. The molecule has 0 N–H and O–H groups in total. The molecular formula is C25H44O3. The molecule has 0 aromatic rings. The van der Waals surface area contributed by atoms with Crippen LogP contribution in [0.15, 0.2) is 12.3 Å². The highest BCUT2D eigenvalue weighted by Gasteiger charge is 2.50. The van der Waals surface area contributed by atoms with Crippen LogP contribution in [0.2, 0.25) is 0 Å². The Labute approximate surface area is 173 Å². The molecular weight excluding hydrogens is 348 g/mol. The summed E-state index contributed by atoms with van der Waals surface area (Å²) in [6.07, 6.45) is 20.3. The summed E-state index contributed by atoms with van der Waals surface area (Å²) in [5.41, 5.74) is 0.270. The standard InChI is InChI=1S/C25H44O3/c1-4-27-22(3)24(18-19-24)16-14-12-10-8-6-7-9-11-13-15-17-25(20-21-25)23(26)28-5-2/h3-21H2,1-2H3. The molecule has 3 heteroatoms. The molecule has 0 radical (unpaired) electrons. The summed E-state index contributed by atoms with van der Waals surface area (Å²) in [6.45, 7) is 9.36. The van der Waals surface area contributed by atoms with Crippen molar-refractivity contribution in [2.45, 2.75) is 117 Å². The number of ether oxygens (including phenoxy) is 2. The van der Waals surface area contributed by atoms with Gasteiger partial charge in [-0.1, -0.05) is 70.8 Å². The van der Waals surface area contributed by atoms with Gasteiger partial charge in [-0.3, -0.25) is 4.79 Å². The highest BCUT2D eigenvalue weighted by atomic mass is 16.5. The third kappa shape index (κ3) is 7.44. The van der Waals surface area contributed by atoms with Crippen LogP contribution in [0.1, 0.15) is 117 Å². The first-order chi connectivity index (χ1) is 13.6. The fourth-order valence-corrected chi connectivity index (χ4v) is 4.48. The lowest BCUT2D eigenvalue weighted by Crippen LogP contribution is -2.18. The fourth-order valence-electron chi connectivity index (χ4n) is 4.48. The number of esters is 1. The van der Waals surface area contributed by atoms with Gasteiger partial charge in [-0.25, -0.2) is 0 Å². The highest BCUT2D eigenvalue weighted by molar-refractivity contribution is 5.79. The number of carbonyl (C=O) groups excluding carboxylic acids is 1. The van der Waals surface area contributed by atoms with Crippen molar-refractivity contribution in [1.29, 1.82) is 0 Å². The van der Waals surface area contributed by atoms with Crippen LogP contribution in [-0.4, -0.2) is 19.2 Å². The molecule has 0 aromatic carbocycles. The van der Waals surface area contributed by atoms with Crippen molar-refractivity contribution in [2.75, 3.05) is 13.2 Å². The topological polar surface area (TPSA) is 35.5 Å². The predicted octanol–water partition coefficient (Wildman–Crippen LogP) is 7.34. The molecule has 0 unspecified atom stereocenters. The van der Waals surface area contributed by atoms with E-state index in [0.717, 1.165) is 31.6 Å². The number of hydrogen-bond donors (Lipinski definition) is 0. The van der Waals surface area contributed by atoms with E-state index in [1.807, 2.05) is 13.8 Å². The first kappa shape index (κ1) is 23.3. The Hall–Kier alpha value is -0.990. The number of allylic oxidation sites excluding steroid dienone is 1. The molecule has 0 atom stereocenters. The van der Waals surface area contributed by atoms with Gasteiger partial charge in [0.1, 0.15) is 0 Å². The van der Waals surface area contributed by atoms with Crippen LogP contribution < -0.4 is 0 Å². The van der Waals surface area contributed by atoms with E-state index < -0.39 is 0 Å². The summed E-state index contributed by atoms with van der Waals surface area (Å²) >= 11 is 0. The van der Waals surface area contributed by atoms with E-state index in [0.29, 0.717) is 12.0 Å². The van der Waals surface area contributed by atoms with E-state index in [9.17, 15) is 4.79 Å².